The molecular formula is C24H27ClN6O3S. The standard InChI is InChI=1S/C24H27ClN6O3S/c1-31-8-7-18-21(12-31)35-24(29-18)23(33)27-17-6-4-15(30-34-2)11-19(17)28-22(32)20-10-13-9-14(25)3-5-16(13)26-20/h3,5,9-10,17,19,26H,4,6-8,11-12H2,1-2H3,(H,27,33)(H,28,32)/b30-15-. The molecule has 0 radical (unpaired) electrons. The number of halogens is 1. The first-order valence-electron chi connectivity index (χ1n) is 11.6. The monoisotopic (exact) mass is 514 g/mol. The number of fused-ring (bicyclic) bond motifs is 2. The molecule has 0 bridgehead atoms. The second kappa shape index (κ2) is 9.96. The van der Waals surface area contributed by atoms with E-state index in [-0.39, 0.29) is 23.9 Å². The molecular weight excluding hydrogens is 488 g/mol. The van der Waals surface area contributed by atoms with Crippen molar-refractivity contribution < 1.29 is 14.4 Å². The first-order chi connectivity index (χ1) is 16.9. The maximum absolute atomic E-state index is 13.1. The molecule has 1 aromatic carbocycles. The van der Waals surface area contributed by atoms with E-state index < -0.39 is 0 Å². The van der Waals surface area contributed by atoms with Gasteiger partial charge in [0.1, 0.15) is 12.8 Å². The Hall–Kier alpha value is -2.95. The van der Waals surface area contributed by atoms with Gasteiger partial charge in [-0.1, -0.05) is 16.8 Å². The zero-order chi connectivity index (χ0) is 24.5. The van der Waals surface area contributed by atoms with Crippen molar-refractivity contribution in [3.63, 3.8) is 0 Å². The number of H-pyrrole nitrogens is 1. The molecule has 2 aliphatic rings. The van der Waals surface area contributed by atoms with Gasteiger partial charge >= 0.3 is 0 Å². The fraction of sp³-hybridized carbons (Fsp3) is 0.417. The van der Waals surface area contributed by atoms with E-state index in [4.69, 9.17) is 16.4 Å². The van der Waals surface area contributed by atoms with Crippen LogP contribution in [0.4, 0.5) is 0 Å². The van der Waals surface area contributed by atoms with Gasteiger partial charge in [-0.25, -0.2) is 4.98 Å². The van der Waals surface area contributed by atoms with E-state index in [2.05, 4.69) is 37.7 Å². The fourth-order valence-corrected chi connectivity index (χ4v) is 5.95. The number of hydrogen-bond donors (Lipinski definition) is 3. The Morgan fingerprint density at radius 1 is 1.23 bits per heavy atom. The van der Waals surface area contributed by atoms with Crippen LogP contribution in [0, 0.1) is 0 Å². The smallest absolute Gasteiger partial charge is 0.280 e. The number of hydrogen-bond acceptors (Lipinski definition) is 7. The van der Waals surface area contributed by atoms with Crippen molar-refractivity contribution in [1.29, 1.82) is 0 Å². The van der Waals surface area contributed by atoms with Gasteiger partial charge in [0, 0.05) is 46.7 Å². The molecule has 3 heterocycles. The number of nitrogens with zero attached hydrogens (tertiary/aromatic N) is 3. The predicted octanol–water partition coefficient (Wildman–Crippen LogP) is 3.35. The van der Waals surface area contributed by atoms with Crippen molar-refractivity contribution in [2.75, 3.05) is 20.7 Å². The molecule has 3 N–H and O–H groups in total. The highest BCUT2D eigenvalue weighted by Gasteiger charge is 2.33. The number of amides is 2. The molecule has 184 valence electrons. The van der Waals surface area contributed by atoms with Gasteiger partial charge in [0.25, 0.3) is 11.8 Å². The van der Waals surface area contributed by atoms with Gasteiger partial charge < -0.3 is 25.4 Å². The Labute approximate surface area is 211 Å². The third kappa shape index (κ3) is 5.19. The van der Waals surface area contributed by atoms with Gasteiger partial charge in [-0.15, -0.1) is 11.3 Å². The zero-order valence-electron chi connectivity index (χ0n) is 19.6. The second-order valence-electron chi connectivity index (χ2n) is 9.03. The molecule has 2 amide bonds. The van der Waals surface area contributed by atoms with Crippen LogP contribution in [0.5, 0.6) is 0 Å². The molecule has 2 unspecified atom stereocenters. The van der Waals surface area contributed by atoms with Gasteiger partial charge in [0.05, 0.1) is 23.5 Å². The lowest BCUT2D eigenvalue weighted by Gasteiger charge is -2.33. The number of nitrogens with one attached hydrogen (secondary N) is 3. The van der Waals surface area contributed by atoms with E-state index in [9.17, 15) is 9.59 Å². The molecule has 3 aromatic rings. The van der Waals surface area contributed by atoms with Gasteiger partial charge in [-0.3, -0.25) is 9.59 Å². The largest absolute Gasteiger partial charge is 0.399 e. The van der Waals surface area contributed by atoms with Gasteiger partial charge in [0.15, 0.2) is 5.01 Å². The van der Waals surface area contributed by atoms with E-state index in [0.29, 0.717) is 35.0 Å². The number of carbonyl (C=O) groups excluding carboxylic acids is 2. The van der Waals surface area contributed by atoms with E-state index in [1.165, 1.54) is 18.4 Å². The van der Waals surface area contributed by atoms with Crippen molar-refractivity contribution in [3.05, 3.63) is 50.6 Å². The summed E-state index contributed by atoms with van der Waals surface area (Å²) in [6.07, 6.45) is 2.64. The highest BCUT2D eigenvalue weighted by Crippen LogP contribution is 2.26. The highest BCUT2D eigenvalue weighted by molar-refractivity contribution is 7.13. The average Bonchev–Trinajstić information content (AvgIpc) is 3.44. The molecule has 9 nitrogen and oxygen atoms in total. The van der Waals surface area contributed by atoms with Crippen LogP contribution in [0.15, 0.2) is 29.4 Å². The maximum Gasteiger partial charge on any atom is 0.280 e. The first-order valence-corrected chi connectivity index (χ1v) is 12.7. The number of aromatic amines is 1. The Balaban J connectivity index is 1.32. The zero-order valence-corrected chi connectivity index (χ0v) is 21.1. The molecule has 1 aliphatic heterocycles. The second-order valence-corrected chi connectivity index (χ2v) is 10.6. The molecule has 2 aromatic heterocycles. The summed E-state index contributed by atoms with van der Waals surface area (Å²) in [6, 6.07) is 6.59. The average molecular weight is 515 g/mol. The Bertz CT molecular complexity index is 1300. The van der Waals surface area contributed by atoms with Crippen LogP contribution >= 0.6 is 22.9 Å². The molecule has 1 fully saturated rings. The van der Waals surface area contributed by atoms with Crippen molar-refractivity contribution in [2.24, 2.45) is 5.16 Å². The topological polar surface area (TPSA) is 112 Å². The molecule has 0 spiro atoms. The van der Waals surface area contributed by atoms with Crippen LogP contribution in [-0.4, -0.2) is 65.2 Å². The summed E-state index contributed by atoms with van der Waals surface area (Å²) in [5, 5.41) is 12.2. The summed E-state index contributed by atoms with van der Waals surface area (Å²) >= 11 is 7.53. The van der Waals surface area contributed by atoms with Crippen LogP contribution in [0.1, 0.15) is 50.1 Å². The minimum absolute atomic E-state index is 0.205. The van der Waals surface area contributed by atoms with E-state index in [0.717, 1.165) is 46.7 Å². The normalized spacial score (nSPS) is 21.6. The van der Waals surface area contributed by atoms with E-state index in [1.54, 1.807) is 12.1 Å². The minimum atomic E-state index is -0.343. The molecule has 35 heavy (non-hydrogen) atoms. The molecule has 1 saturated carbocycles. The lowest BCUT2D eigenvalue weighted by Crippen LogP contribution is -2.54. The van der Waals surface area contributed by atoms with Crippen LogP contribution in [0.3, 0.4) is 0 Å². The summed E-state index contributed by atoms with van der Waals surface area (Å²) < 4.78 is 0. The van der Waals surface area contributed by atoms with Crippen molar-refractivity contribution >= 4 is 51.4 Å². The van der Waals surface area contributed by atoms with Crippen molar-refractivity contribution in [3.8, 4) is 0 Å². The van der Waals surface area contributed by atoms with E-state index in [1.807, 2.05) is 12.1 Å². The van der Waals surface area contributed by atoms with Crippen molar-refractivity contribution in [1.82, 2.24) is 25.5 Å². The summed E-state index contributed by atoms with van der Waals surface area (Å²) in [4.78, 5) is 42.3. The number of benzene rings is 1. The Kier molecular flexibility index (Phi) is 6.77. The van der Waals surface area contributed by atoms with Crippen molar-refractivity contribution in [2.45, 2.75) is 44.3 Å². The van der Waals surface area contributed by atoms with Gasteiger partial charge in [-0.2, -0.15) is 0 Å². The molecule has 5 rings (SSSR count). The van der Waals surface area contributed by atoms with Crippen LogP contribution in [0.2, 0.25) is 5.02 Å². The molecule has 0 saturated heterocycles. The number of aromatic nitrogens is 2. The lowest BCUT2D eigenvalue weighted by atomic mass is 9.88. The summed E-state index contributed by atoms with van der Waals surface area (Å²) in [6.45, 7) is 1.75. The molecule has 2 atom stereocenters. The lowest BCUT2D eigenvalue weighted by molar-refractivity contribution is 0.0874. The number of carbonyl (C=O) groups is 2. The molecule has 11 heteroatoms. The number of likely N-dealkylation sites (N-methyl/N-ethyl adjacent to an activating group) is 1. The van der Waals surface area contributed by atoms with E-state index >= 15 is 0 Å². The predicted molar refractivity (Wildman–Crippen MR) is 136 cm³/mol. The highest BCUT2D eigenvalue weighted by atomic mass is 35.5. The van der Waals surface area contributed by atoms with Crippen LogP contribution < -0.4 is 10.6 Å². The van der Waals surface area contributed by atoms with Crippen LogP contribution in [-0.2, 0) is 17.8 Å². The third-order valence-electron chi connectivity index (χ3n) is 6.48. The Morgan fingerprint density at radius 3 is 2.89 bits per heavy atom. The van der Waals surface area contributed by atoms with Gasteiger partial charge in [-0.05, 0) is 44.2 Å². The number of oxime groups is 1. The third-order valence-corrected chi connectivity index (χ3v) is 7.80. The summed E-state index contributed by atoms with van der Waals surface area (Å²) in [5.41, 5.74) is 3.12. The summed E-state index contributed by atoms with van der Waals surface area (Å²) in [5.74, 6) is -0.461. The SMILES string of the molecule is CO/N=C1/CCC(NC(=O)c2nc3c(s2)CN(C)CC3)C(NC(=O)c2cc3cc(Cl)ccc3[nH]2)C1. The Morgan fingerprint density at radius 2 is 2.06 bits per heavy atom. The molecule has 1 aliphatic carbocycles. The quantitative estimate of drug-likeness (QED) is 0.452. The summed E-state index contributed by atoms with van der Waals surface area (Å²) in [7, 11) is 3.57. The van der Waals surface area contributed by atoms with Gasteiger partial charge in [0.2, 0.25) is 0 Å². The first kappa shape index (κ1) is 23.8. The minimum Gasteiger partial charge on any atom is -0.399 e. The fourth-order valence-electron chi connectivity index (χ4n) is 4.68. The number of rotatable bonds is 5. The van der Waals surface area contributed by atoms with Crippen LogP contribution in [0.25, 0.3) is 10.9 Å². The maximum atomic E-state index is 13.1. The number of thiazole rings is 1.